The summed E-state index contributed by atoms with van der Waals surface area (Å²) >= 11 is 0. The summed E-state index contributed by atoms with van der Waals surface area (Å²) in [5.41, 5.74) is 3.52. The van der Waals surface area contributed by atoms with Crippen molar-refractivity contribution in [3.05, 3.63) is 53.7 Å². The Balaban J connectivity index is 1.31. The van der Waals surface area contributed by atoms with Crippen LogP contribution in [0.4, 0.5) is 11.5 Å². The van der Waals surface area contributed by atoms with E-state index in [-0.39, 0.29) is 6.04 Å². The first-order valence-corrected chi connectivity index (χ1v) is 14.5. The van der Waals surface area contributed by atoms with Crippen molar-refractivity contribution in [2.75, 3.05) is 49.1 Å². The van der Waals surface area contributed by atoms with Gasteiger partial charge in [-0.05, 0) is 51.1 Å². The van der Waals surface area contributed by atoms with Crippen LogP contribution in [0.3, 0.4) is 0 Å². The molecule has 2 atom stereocenters. The van der Waals surface area contributed by atoms with E-state index in [1.165, 1.54) is 28.4 Å². The summed E-state index contributed by atoms with van der Waals surface area (Å²) in [6.07, 6.45) is 3.74. The minimum absolute atomic E-state index is 0.146. The summed E-state index contributed by atoms with van der Waals surface area (Å²) in [4.78, 5) is 17.4. The summed E-state index contributed by atoms with van der Waals surface area (Å²) in [6, 6.07) is 19.0. The van der Waals surface area contributed by atoms with Crippen LogP contribution < -0.4 is 19.9 Å². The maximum absolute atomic E-state index is 9.29. The Morgan fingerprint density at radius 2 is 1.95 bits per heavy atom. The third kappa shape index (κ3) is 5.39. The number of nitriles is 1. The summed E-state index contributed by atoms with van der Waals surface area (Å²) in [6.45, 7) is 10.4. The van der Waals surface area contributed by atoms with Gasteiger partial charge in [0.2, 0.25) is 0 Å². The van der Waals surface area contributed by atoms with Crippen molar-refractivity contribution in [1.29, 1.82) is 5.26 Å². The number of ether oxygens (including phenoxy) is 1. The lowest BCUT2D eigenvalue weighted by molar-refractivity contribution is 0.138. The topological polar surface area (TPSA) is 80.5 Å². The largest absolute Gasteiger partial charge is 0.462 e. The van der Waals surface area contributed by atoms with Gasteiger partial charge in [0.15, 0.2) is 0 Å². The molecule has 0 bridgehead atoms. The molecule has 6 rings (SSSR count). The molecule has 1 aromatic heterocycles. The molecule has 2 aromatic carbocycles. The van der Waals surface area contributed by atoms with E-state index in [0.29, 0.717) is 31.1 Å². The molecule has 0 amide bonds. The van der Waals surface area contributed by atoms with Crippen LogP contribution in [0, 0.1) is 11.3 Å². The minimum atomic E-state index is 0.146. The molecule has 4 heterocycles. The number of benzene rings is 2. The fourth-order valence-corrected chi connectivity index (χ4v) is 6.56. The zero-order chi connectivity index (χ0) is 26.8. The molecule has 0 saturated carbocycles. The van der Waals surface area contributed by atoms with E-state index in [4.69, 9.17) is 14.7 Å². The molecule has 8 nitrogen and oxygen atoms in total. The molecule has 0 aliphatic carbocycles. The van der Waals surface area contributed by atoms with Gasteiger partial charge in [0.05, 0.1) is 24.7 Å². The molecule has 1 N–H and O–H groups in total. The zero-order valence-electron chi connectivity index (χ0n) is 23.1. The van der Waals surface area contributed by atoms with E-state index >= 15 is 0 Å². The van der Waals surface area contributed by atoms with Crippen molar-refractivity contribution in [1.82, 2.24) is 20.2 Å². The first-order valence-electron chi connectivity index (χ1n) is 14.5. The highest BCUT2D eigenvalue weighted by Gasteiger charge is 2.31. The average Bonchev–Trinajstić information content (AvgIpc) is 3.45. The summed E-state index contributed by atoms with van der Waals surface area (Å²) in [7, 11) is 0. The maximum Gasteiger partial charge on any atom is 0.318 e. The van der Waals surface area contributed by atoms with E-state index in [9.17, 15) is 5.26 Å². The third-order valence-electron chi connectivity index (χ3n) is 8.51. The molecule has 2 fully saturated rings. The molecule has 204 valence electrons. The van der Waals surface area contributed by atoms with Gasteiger partial charge in [0.25, 0.3) is 0 Å². The first kappa shape index (κ1) is 25.8. The summed E-state index contributed by atoms with van der Waals surface area (Å²) in [5, 5.41) is 15.3. The Bertz CT molecular complexity index is 1350. The second-order valence-electron chi connectivity index (χ2n) is 11.3. The van der Waals surface area contributed by atoms with Crippen molar-refractivity contribution < 1.29 is 4.74 Å². The Morgan fingerprint density at radius 1 is 1.08 bits per heavy atom. The van der Waals surface area contributed by atoms with Crippen LogP contribution in [0.2, 0.25) is 0 Å². The smallest absolute Gasteiger partial charge is 0.318 e. The van der Waals surface area contributed by atoms with Gasteiger partial charge in [-0.25, -0.2) is 0 Å². The number of anilines is 2. The second kappa shape index (κ2) is 11.4. The highest BCUT2D eigenvalue weighted by atomic mass is 16.5. The van der Waals surface area contributed by atoms with Crippen molar-refractivity contribution in [3.63, 3.8) is 0 Å². The van der Waals surface area contributed by atoms with Gasteiger partial charge in [0, 0.05) is 60.9 Å². The summed E-state index contributed by atoms with van der Waals surface area (Å²) < 4.78 is 6.38. The maximum atomic E-state index is 9.29. The van der Waals surface area contributed by atoms with Crippen molar-refractivity contribution in [2.45, 2.75) is 64.2 Å². The Hall–Kier alpha value is -3.41. The Kier molecular flexibility index (Phi) is 7.53. The van der Waals surface area contributed by atoms with Crippen molar-refractivity contribution >= 4 is 22.3 Å². The van der Waals surface area contributed by atoms with Gasteiger partial charge in [-0.15, -0.1) is 0 Å². The standard InChI is InChI=1S/C31H39N7O/c1-22(2)38-16-6-9-25(38)21-39-31-34-28-20-36(29-11-5-8-23-7-3-4-10-26(23)29)17-13-27(28)30(35-31)37-18-15-33-24(19-37)12-14-32/h3-5,7-8,10-11,22,24-25,33H,6,9,12-13,15-21H2,1-2H3/t24?,25-/m0/s1. The predicted molar refractivity (Wildman–Crippen MR) is 155 cm³/mol. The van der Waals surface area contributed by atoms with E-state index in [1.807, 2.05) is 0 Å². The van der Waals surface area contributed by atoms with Crippen LogP contribution in [0.15, 0.2) is 42.5 Å². The van der Waals surface area contributed by atoms with E-state index in [0.717, 1.165) is 63.6 Å². The molecule has 1 unspecified atom stereocenters. The quantitative estimate of drug-likeness (QED) is 0.493. The molecule has 2 saturated heterocycles. The lowest BCUT2D eigenvalue weighted by Gasteiger charge is -2.37. The zero-order valence-corrected chi connectivity index (χ0v) is 23.1. The van der Waals surface area contributed by atoms with E-state index in [1.54, 1.807) is 0 Å². The number of hydrogen-bond donors (Lipinski definition) is 1. The molecule has 0 spiro atoms. The van der Waals surface area contributed by atoms with E-state index < -0.39 is 0 Å². The number of fused-ring (bicyclic) bond motifs is 2. The SMILES string of the molecule is CC(C)N1CCC[C@H]1COc1nc2c(c(N3CCNC(CC#N)C3)n1)CCN(c1cccc3ccccc13)C2. The minimum Gasteiger partial charge on any atom is -0.462 e. The number of piperazine rings is 1. The molecule has 3 aromatic rings. The molecule has 8 heteroatoms. The van der Waals surface area contributed by atoms with E-state index in [2.05, 4.69) is 82.4 Å². The summed E-state index contributed by atoms with van der Waals surface area (Å²) in [5.74, 6) is 0.990. The molecule has 0 radical (unpaired) electrons. The number of nitrogens with one attached hydrogen (secondary N) is 1. The van der Waals surface area contributed by atoms with Crippen LogP contribution in [0.25, 0.3) is 10.8 Å². The van der Waals surface area contributed by atoms with Crippen LogP contribution in [0.1, 0.15) is 44.4 Å². The lowest BCUT2D eigenvalue weighted by atomic mass is 10.0. The number of likely N-dealkylation sites (tertiary alicyclic amines) is 1. The number of rotatable bonds is 7. The third-order valence-corrected chi connectivity index (χ3v) is 8.51. The Labute approximate surface area is 231 Å². The fraction of sp³-hybridized carbons (Fsp3) is 0.516. The normalized spacial score (nSPS) is 21.8. The van der Waals surface area contributed by atoms with Crippen LogP contribution >= 0.6 is 0 Å². The monoisotopic (exact) mass is 525 g/mol. The lowest BCUT2D eigenvalue weighted by Crippen LogP contribution is -2.51. The number of nitrogens with zero attached hydrogens (tertiary/aromatic N) is 6. The van der Waals surface area contributed by atoms with Crippen LogP contribution in [0.5, 0.6) is 6.01 Å². The molecular formula is C31H39N7O. The molecule has 3 aliphatic rings. The second-order valence-corrected chi connectivity index (χ2v) is 11.3. The van der Waals surface area contributed by atoms with Crippen LogP contribution in [-0.2, 0) is 13.0 Å². The van der Waals surface area contributed by atoms with Gasteiger partial charge in [-0.3, -0.25) is 4.90 Å². The number of aromatic nitrogens is 2. The molecule has 3 aliphatic heterocycles. The fourth-order valence-electron chi connectivity index (χ4n) is 6.56. The van der Waals surface area contributed by atoms with Crippen LogP contribution in [-0.4, -0.2) is 72.3 Å². The predicted octanol–water partition coefficient (Wildman–Crippen LogP) is 4.14. The average molecular weight is 526 g/mol. The van der Waals surface area contributed by atoms with Gasteiger partial charge < -0.3 is 19.9 Å². The van der Waals surface area contributed by atoms with Gasteiger partial charge in [-0.2, -0.15) is 15.2 Å². The van der Waals surface area contributed by atoms with Crippen molar-refractivity contribution in [2.24, 2.45) is 0 Å². The van der Waals surface area contributed by atoms with Gasteiger partial charge >= 0.3 is 6.01 Å². The van der Waals surface area contributed by atoms with Gasteiger partial charge in [-0.1, -0.05) is 36.4 Å². The highest BCUT2D eigenvalue weighted by Crippen LogP contribution is 2.34. The molecule has 39 heavy (non-hydrogen) atoms. The molecular weight excluding hydrogens is 486 g/mol. The Morgan fingerprint density at radius 3 is 2.82 bits per heavy atom. The van der Waals surface area contributed by atoms with Gasteiger partial charge in [0.1, 0.15) is 12.4 Å². The van der Waals surface area contributed by atoms with Crippen molar-refractivity contribution in [3.8, 4) is 12.1 Å². The number of hydrogen-bond acceptors (Lipinski definition) is 8. The highest BCUT2D eigenvalue weighted by molar-refractivity contribution is 5.94. The first-order chi connectivity index (χ1) is 19.1.